The number of H-pyrrole nitrogens is 2. The van der Waals surface area contributed by atoms with Gasteiger partial charge in [-0.05, 0) is 36.8 Å². The number of nitrogens with two attached hydrogens (primary N) is 1. The van der Waals surface area contributed by atoms with Gasteiger partial charge in [-0.15, -0.1) is 0 Å². The van der Waals surface area contributed by atoms with Gasteiger partial charge in [-0.3, -0.25) is 9.59 Å². The van der Waals surface area contributed by atoms with Gasteiger partial charge in [-0.1, -0.05) is 0 Å². The van der Waals surface area contributed by atoms with Crippen molar-refractivity contribution in [2.75, 3.05) is 5.32 Å². The van der Waals surface area contributed by atoms with Crippen LogP contribution < -0.4 is 22.2 Å². The zero-order valence-corrected chi connectivity index (χ0v) is 9.77. The van der Waals surface area contributed by atoms with E-state index in [4.69, 9.17) is 18.0 Å². The number of aromatic amines is 2. The molecule has 0 unspecified atom stereocenters. The summed E-state index contributed by atoms with van der Waals surface area (Å²) in [7, 11) is 0. The quantitative estimate of drug-likeness (QED) is 0.427. The second-order valence-corrected chi connectivity index (χ2v) is 4.05. The smallest absolute Gasteiger partial charge is 0.314 e. The topological polar surface area (TPSA) is 104 Å². The zero-order chi connectivity index (χ0) is 12.6. The summed E-state index contributed by atoms with van der Waals surface area (Å²) in [5.41, 5.74) is 6.63. The van der Waals surface area contributed by atoms with Crippen molar-refractivity contribution in [2.45, 2.75) is 6.92 Å². The van der Waals surface area contributed by atoms with E-state index in [1.54, 1.807) is 12.1 Å². The van der Waals surface area contributed by atoms with Crippen molar-refractivity contribution in [3.05, 3.63) is 38.4 Å². The average Bonchev–Trinajstić information content (AvgIpc) is 2.22. The monoisotopic (exact) mass is 250 g/mol. The highest BCUT2D eigenvalue weighted by Crippen LogP contribution is 2.19. The SMILES string of the molecule is Cc1cc2[nH]c(=O)c(=O)[nH]c2cc1NC(N)=S. The van der Waals surface area contributed by atoms with Gasteiger partial charge >= 0.3 is 11.1 Å². The van der Waals surface area contributed by atoms with Gasteiger partial charge < -0.3 is 21.0 Å². The second kappa shape index (κ2) is 4.02. The Labute approximate surface area is 101 Å². The molecule has 1 aromatic heterocycles. The lowest BCUT2D eigenvalue weighted by Gasteiger charge is -2.08. The van der Waals surface area contributed by atoms with E-state index in [1.807, 2.05) is 6.92 Å². The standard InChI is InChI=1S/C10H10N4O2S/c1-4-2-6-7(3-5(4)14-10(11)17)13-9(16)8(15)12-6/h2-3H,1H3,(H,12,15)(H,13,16)(H3,11,14,17). The predicted octanol–water partition coefficient (Wildman–Crippen LogP) is 0.180. The molecule has 0 spiro atoms. The van der Waals surface area contributed by atoms with E-state index < -0.39 is 11.1 Å². The first-order chi connectivity index (χ1) is 7.97. The molecule has 7 heteroatoms. The maximum Gasteiger partial charge on any atom is 0.314 e. The van der Waals surface area contributed by atoms with Gasteiger partial charge in [0.15, 0.2) is 5.11 Å². The maximum atomic E-state index is 11.2. The molecule has 88 valence electrons. The van der Waals surface area contributed by atoms with Gasteiger partial charge in [-0.25, -0.2) is 0 Å². The van der Waals surface area contributed by atoms with Crippen LogP contribution in [-0.2, 0) is 0 Å². The van der Waals surface area contributed by atoms with Crippen molar-refractivity contribution in [2.24, 2.45) is 5.73 Å². The van der Waals surface area contributed by atoms with Crippen LogP contribution in [0, 0.1) is 6.92 Å². The number of aryl methyl sites for hydroxylation is 1. The molecule has 0 saturated carbocycles. The van der Waals surface area contributed by atoms with Crippen LogP contribution in [0.2, 0.25) is 0 Å². The molecule has 0 atom stereocenters. The van der Waals surface area contributed by atoms with Crippen LogP contribution in [0.1, 0.15) is 5.56 Å². The first kappa shape index (κ1) is 11.3. The van der Waals surface area contributed by atoms with E-state index in [9.17, 15) is 9.59 Å². The number of thiocarbonyl (C=S) groups is 1. The molecule has 0 fully saturated rings. The van der Waals surface area contributed by atoms with Crippen molar-refractivity contribution < 1.29 is 0 Å². The Morgan fingerprint density at radius 1 is 1.24 bits per heavy atom. The van der Waals surface area contributed by atoms with Gasteiger partial charge in [0.25, 0.3) is 0 Å². The lowest BCUT2D eigenvalue weighted by Crippen LogP contribution is -2.29. The molecule has 0 aliphatic rings. The van der Waals surface area contributed by atoms with Crippen molar-refractivity contribution in [3.8, 4) is 0 Å². The van der Waals surface area contributed by atoms with Gasteiger partial charge in [0, 0.05) is 5.69 Å². The first-order valence-electron chi connectivity index (χ1n) is 4.81. The Kier molecular flexibility index (Phi) is 2.68. The minimum Gasteiger partial charge on any atom is -0.376 e. The Morgan fingerprint density at radius 2 is 1.76 bits per heavy atom. The van der Waals surface area contributed by atoms with Crippen molar-refractivity contribution in [3.63, 3.8) is 0 Å². The molecule has 0 aliphatic carbocycles. The van der Waals surface area contributed by atoms with Gasteiger partial charge in [0.2, 0.25) is 0 Å². The number of hydrogen-bond donors (Lipinski definition) is 4. The molecule has 6 nitrogen and oxygen atoms in total. The summed E-state index contributed by atoms with van der Waals surface area (Å²) in [6.45, 7) is 1.84. The van der Waals surface area contributed by atoms with E-state index in [1.165, 1.54) is 0 Å². The lowest BCUT2D eigenvalue weighted by atomic mass is 10.1. The highest BCUT2D eigenvalue weighted by Gasteiger charge is 2.04. The Balaban J connectivity index is 2.71. The van der Waals surface area contributed by atoms with E-state index >= 15 is 0 Å². The predicted molar refractivity (Wildman–Crippen MR) is 70.3 cm³/mol. The number of nitrogens with one attached hydrogen (secondary N) is 3. The minimum atomic E-state index is -0.692. The summed E-state index contributed by atoms with van der Waals surface area (Å²) < 4.78 is 0. The molecule has 5 N–H and O–H groups in total. The number of hydrogen-bond acceptors (Lipinski definition) is 3. The van der Waals surface area contributed by atoms with Crippen LogP contribution in [0.5, 0.6) is 0 Å². The van der Waals surface area contributed by atoms with Crippen LogP contribution in [0.3, 0.4) is 0 Å². The third kappa shape index (κ3) is 2.18. The third-order valence-electron chi connectivity index (χ3n) is 2.33. The van der Waals surface area contributed by atoms with Crippen molar-refractivity contribution in [1.29, 1.82) is 0 Å². The summed E-state index contributed by atoms with van der Waals surface area (Å²) in [5.74, 6) is 0. The number of anilines is 1. The molecular weight excluding hydrogens is 240 g/mol. The first-order valence-corrected chi connectivity index (χ1v) is 5.21. The summed E-state index contributed by atoms with van der Waals surface area (Å²) in [6, 6.07) is 3.40. The number of fused-ring (bicyclic) bond motifs is 1. The maximum absolute atomic E-state index is 11.2. The summed E-state index contributed by atoms with van der Waals surface area (Å²) in [4.78, 5) is 27.3. The summed E-state index contributed by atoms with van der Waals surface area (Å²) in [6.07, 6.45) is 0. The summed E-state index contributed by atoms with van der Waals surface area (Å²) in [5, 5.41) is 2.93. The normalized spacial score (nSPS) is 10.4. The minimum absolute atomic E-state index is 0.138. The van der Waals surface area contributed by atoms with Crippen molar-refractivity contribution >= 4 is 34.1 Å². The van der Waals surface area contributed by atoms with E-state index in [-0.39, 0.29) is 5.11 Å². The van der Waals surface area contributed by atoms with Crippen LogP contribution in [0.4, 0.5) is 5.69 Å². The van der Waals surface area contributed by atoms with Gasteiger partial charge in [-0.2, -0.15) is 0 Å². The molecule has 1 heterocycles. The molecule has 17 heavy (non-hydrogen) atoms. The van der Waals surface area contributed by atoms with E-state index in [0.717, 1.165) is 5.56 Å². The Morgan fingerprint density at radius 3 is 2.29 bits per heavy atom. The zero-order valence-electron chi connectivity index (χ0n) is 8.96. The van der Waals surface area contributed by atoms with Crippen LogP contribution in [-0.4, -0.2) is 15.1 Å². The van der Waals surface area contributed by atoms with Gasteiger partial charge in [0.1, 0.15) is 0 Å². The third-order valence-corrected chi connectivity index (χ3v) is 2.43. The highest BCUT2D eigenvalue weighted by atomic mass is 32.1. The number of benzene rings is 1. The second-order valence-electron chi connectivity index (χ2n) is 3.61. The molecule has 0 amide bonds. The Bertz CT molecular complexity index is 716. The fraction of sp³-hybridized carbons (Fsp3) is 0.100. The molecule has 2 rings (SSSR count). The lowest BCUT2D eigenvalue weighted by molar-refractivity contribution is 1.14. The fourth-order valence-electron chi connectivity index (χ4n) is 1.54. The molecular formula is C10H10N4O2S. The number of aromatic nitrogens is 2. The molecule has 1 aromatic carbocycles. The van der Waals surface area contributed by atoms with Crippen LogP contribution in [0.15, 0.2) is 21.7 Å². The highest BCUT2D eigenvalue weighted by molar-refractivity contribution is 7.80. The Hall–Kier alpha value is -2.15. The molecule has 0 aliphatic heterocycles. The van der Waals surface area contributed by atoms with E-state index in [0.29, 0.717) is 16.7 Å². The number of rotatable bonds is 1. The molecule has 0 saturated heterocycles. The van der Waals surface area contributed by atoms with E-state index in [2.05, 4.69) is 15.3 Å². The van der Waals surface area contributed by atoms with Gasteiger partial charge in [0.05, 0.1) is 11.0 Å². The summed E-state index contributed by atoms with van der Waals surface area (Å²) >= 11 is 4.74. The largest absolute Gasteiger partial charge is 0.376 e. The van der Waals surface area contributed by atoms with Crippen LogP contribution >= 0.6 is 12.2 Å². The molecule has 0 radical (unpaired) electrons. The van der Waals surface area contributed by atoms with Crippen LogP contribution in [0.25, 0.3) is 11.0 Å². The molecule has 0 bridgehead atoms. The fourth-order valence-corrected chi connectivity index (χ4v) is 1.65. The average molecular weight is 250 g/mol. The van der Waals surface area contributed by atoms with Crippen molar-refractivity contribution in [1.82, 2.24) is 9.97 Å². The molecule has 2 aromatic rings.